The van der Waals surface area contributed by atoms with Crippen LogP contribution in [0.25, 0.3) is 0 Å². The summed E-state index contributed by atoms with van der Waals surface area (Å²) >= 11 is 0. The topological polar surface area (TPSA) is 84.9 Å². The van der Waals surface area contributed by atoms with Gasteiger partial charge in [-0.05, 0) is 46.5 Å². The molecule has 1 N–H and O–H groups in total. The average molecular weight is 399 g/mol. The lowest BCUT2D eigenvalue weighted by Gasteiger charge is -2.34. The average Bonchev–Trinajstić information content (AvgIpc) is 2.54. The highest BCUT2D eigenvalue weighted by Gasteiger charge is 2.32. The molecule has 0 aliphatic rings. The Balaban J connectivity index is 5.51. The third-order valence-corrected chi connectivity index (χ3v) is 4.10. The van der Waals surface area contributed by atoms with Crippen LogP contribution >= 0.6 is 0 Å². The third kappa shape index (κ3) is 8.76. The maximum absolute atomic E-state index is 13.1. The number of esters is 1. The van der Waals surface area contributed by atoms with Crippen LogP contribution in [0.15, 0.2) is 11.6 Å². The monoisotopic (exact) mass is 398 g/mol. The molecule has 0 radical (unpaired) electrons. The fourth-order valence-corrected chi connectivity index (χ4v) is 2.63. The first kappa shape index (κ1) is 26.0. The van der Waals surface area contributed by atoms with Crippen LogP contribution in [0.2, 0.25) is 0 Å². The number of nitrogens with zero attached hydrogens (tertiary/aromatic N) is 1. The minimum atomic E-state index is -0.739. The molecule has 0 saturated carbocycles. The van der Waals surface area contributed by atoms with E-state index in [0.29, 0.717) is 12.2 Å². The number of carbonyl (C=O) groups excluding carboxylic acids is 3. The minimum absolute atomic E-state index is 0.0627. The normalized spacial score (nSPS) is 14.5. The standard InChI is InChI=1S/C21H38N2O5/c1-11-27-19(25)15(6)12-16(13(2)3)23(10)18(24)17(14(4)5)22-20(26)28-21(7,8)9/h12-14,16-17H,11H2,1-10H3,(H,22,26)/b15-12+/t16-,17+/m1/s1. The van der Waals surface area contributed by atoms with Crippen LogP contribution in [-0.4, -0.2) is 54.2 Å². The van der Waals surface area contributed by atoms with Gasteiger partial charge in [-0.15, -0.1) is 0 Å². The molecule has 7 nitrogen and oxygen atoms in total. The summed E-state index contributed by atoms with van der Waals surface area (Å²) in [6.07, 6.45) is 1.11. The van der Waals surface area contributed by atoms with E-state index in [9.17, 15) is 14.4 Å². The fraction of sp³-hybridized carbons (Fsp3) is 0.762. The number of ether oxygens (including phenoxy) is 2. The maximum atomic E-state index is 13.1. The van der Waals surface area contributed by atoms with Gasteiger partial charge in [0.1, 0.15) is 11.6 Å². The second-order valence-electron chi connectivity index (χ2n) is 8.62. The van der Waals surface area contributed by atoms with E-state index in [2.05, 4.69) is 5.32 Å². The number of rotatable bonds is 8. The van der Waals surface area contributed by atoms with Crippen LogP contribution in [0, 0.1) is 11.8 Å². The molecule has 7 heteroatoms. The highest BCUT2D eigenvalue weighted by molar-refractivity contribution is 5.89. The van der Waals surface area contributed by atoms with Crippen molar-refractivity contribution < 1.29 is 23.9 Å². The van der Waals surface area contributed by atoms with Crippen molar-refractivity contribution in [1.29, 1.82) is 0 Å². The molecular weight excluding hydrogens is 360 g/mol. The van der Waals surface area contributed by atoms with Crippen molar-refractivity contribution in [3.8, 4) is 0 Å². The molecule has 0 saturated heterocycles. The molecule has 2 amide bonds. The Morgan fingerprint density at radius 3 is 2.00 bits per heavy atom. The Labute approximate surface area is 169 Å². The Morgan fingerprint density at radius 1 is 1.07 bits per heavy atom. The Bertz CT molecular complexity index is 576. The third-order valence-electron chi connectivity index (χ3n) is 4.10. The maximum Gasteiger partial charge on any atom is 0.408 e. The number of carbonyl (C=O) groups is 3. The van der Waals surface area contributed by atoms with Gasteiger partial charge in [-0.2, -0.15) is 0 Å². The van der Waals surface area contributed by atoms with Crippen molar-refractivity contribution in [1.82, 2.24) is 10.2 Å². The van der Waals surface area contributed by atoms with Gasteiger partial charge >= 0.3 is 12.1 Å². The Morgan fingerprint density at radius 2 is 1.61 bits per heavy atom. The molecule has 0 aromatic carbocycles. The largest absolute Gasteiger partial charge is 0.463 e. The quantitative estimate of drug-likeness (QED) is 0.499. The van der Waals surface area contributed by atoms with Crippen molar-refractivity contribution in [2.24, 2.45) is 11.8 Å². The molecule has 2 atom stereocenters. The molecule has 0 aliphatic carbocycles. The molecule has 162 valence electrons. The molecule has 0 aliphatic heterocycles. The van der Waals surface area contributed by atoms with E-state index in [4.69, 9.17) is 9.47 Å². The first-order chi connectivity index (χ1) is 12.7. The van der Waals surface area contributed by atoms with Crippen LogP contribution < -0.4 is 5.32 Å². The highest BCUT2D eigenvalue weighted by Crippen LogP contribution is 2.17. The van der Waals surface area contributed by atoms with Crippen LogP contribution in [0.5, 0.6) is 0 Å². The number of nitrogens with one attached hydrogen (secondary N) is 1. The molecule has 28 heavy (non-hydrogen) atoms. The summed E-state index contributed by atoms with van der Waals surface area (Å²) in [7, 11) is 1.67. The van der Waals surface area contributed by atoms with E-state index < -0.39 is 23.7 Å². The van der Waals surface area contributed by atoms with Crippen molar-refractivity contribution in [3.05, 3.63) is 11.6 Å². The fourth-order valence-electron chi connectivity index (χ4n) is 2.63. The number of alkyl carbamates (subject to hydrolysis) is 1. The second kappa shape index (κ2) is 11.1. The summed E-state index contributed by atoms with van der Waals surface area (Å²) in [4.78, 5) is 38.8. The number of hydrogen-bond donors (Lipinski definition) is 1. The Hall–Kier alpha value is -2.05. The first-order valence-corrected chi connectivity index (χ1v) is 9.82. The van der Waals surface area contributed by atoms with Gasteiger partial charge in [-0.1, -0.05) is 33.8 Å². The summed E-state index contributed by atoms with van der Waals surface area (Å²) in [5, 5.41) is 2.68. The van der Waals surface area contributed by atoms with Gasteiger partial charge in [0.25, 0.3) is 0 Å². The second-order valence-corrected chi connectivity index (χ2v) is 8.62. The lowest BCUT2D eigenvalue weighted by molar-refractivity contribution is -0.139. The van der Waals surface area contributed by atoms with Crippen LogP contribution in [-0.2, 0) is 19.1 Å². The van der Waals surface area contributed by atoms with Crippen molar-refractivity contribution >= 4 is 18.0 Å². The van der Waals surface area contributed by atoms with E-state index in [1.807, 2.05) is 27.7 Å². The number of amides is 2. The summed E-state index contributed by atoms with van der Waals surface area (Å²) in [5.41, 5.74) is -0.207. The van der Waals surface area contributed by atoms with E-state index >= 15 is 0 Å². The molecule has 0 aromatic rings. The van der Waals surface area contributed by atoms with Gasteiger partial charge in [0.15, 0.2) is 0 Å². The molecule has 0 unspecified atom stereocenters. The molecular formula is C21H38N2O5. The van der Waals surface area contributed by atoms with E-state index in [0.717, 1.165) is 0 Å². The van der Waals surface area contributed by atoms with Crippen LogP contribution in [0.4, 0.5) is 4.79 Å². The van der Waals surface area contributed by atoms with Gasteiger partial charge < -0.3 is 19.7 Å². The Kier molecular flexibility index (Phi) is 10.3. The summed E-state index contributed by atoms with van der Waals surface area (Å²) in [5.74, 6) is -0.716. The smallest absolute Gasteiger partial charge is 0.408 e. The zero-order valence-electron chi connectivity index (χ0n) is 19.1. The van der Waals surface area contributed by atoms with E-state index in [1.165, 1.54) is 0 Å². The van der Waals surface area contributed by atoms with E-state index in [-0.39, 0.29) is 23.8 Å². The van der Waals surface area contributed by atoms with Gasteiger partial charge in [0.05, 0.1) is 12.6 Å². The summed E-state index contributed by atoms with van der Waals surface area (Å²) in [6.45, 7) is 16.7. The molecule has 0 rings (SSSR count). The summed E-state index contributed by atoms with van der Waals surface area (Å²) < 4.78 is 10.3. The lowest BCUT2D eigenvalue weighted by atomic mass is 9.97. The van der Waals surface area contributed by atoms with Crippen LogP contribution in [0.1, 0.15) is 62.3 Å². The summed E-state index contributed by atoms with van der Waals surface area (Å²) in [6, 6.07) is -1.06. The molecule has 0 heterocycles. The van der Waals surface area contributed by atoms with Gasteiger partial charge in [0.2, 0.25) is 5.91 Å². The van der Waals surface area contributed by atoms with Gasteiger partial charge in [-0.25, -0.2) is 9.59 Å². The molecule has 0 aromatic heterocycles. The lowest BCUT2D eigenvalue weighted by Crippen LogP contribution is -2.54. The van der Waals surface area contributed by atoms with Gasteiger partial charge in [0, 0.05) is 12.6 Å². The number of likely N-dealkylation sites (N-methyl/N-ethyl adjacent to an activating group) is 1. The minimum Gasteiger partial charge on any atom is -0.463 e. The van der Waals surface area contributed by atoms with Gasteiger partial charge in [-0.3, -0.25) is 4.79 Å². The number of hydrogen-bond acceptors (Lipinski definition) is 5. The van der Waals surface area contributed by atoms with Crippen LogP contribution in [0.3, 0.4) is 0 Å². The SMILES string of the molecule is CCOC(=O)/C(C)=C/[C@H](C(C)C)N(C)C(=O)[C@@H](NC(=O)OC(C)(C)C)C(C)C. The predicted molar refractivity (Wildman–Crippen MR) is 110 cm³/mol. The van der Waals surface area contributed by atoms with Crippen molar-refractivity contribution in [3.63, 3.8) is 0 Å². The molecule has 0 spiro atoms. The first-order valence-electron chi connectivity index (χ1n) is 9.82. The molecule has 0 bridgehead atoms. The zero-order valence-corrected chi connectivity index (χ0v) is 19.1. The molecule has 0 fully saturated rings. The highest BCUT2D eigenvalue weighted by atomic mass is 16.6. The van der Waals surface area contributed by atoms with E-state index in [1.54, 1.807) is 52.6 Å². The predicted octanol–water partition coefficient (Wildman–Crippen LogP) is 3.53. The van der Waals surface area contributed by atoms with Crippen molar-refractivity contribution in [2.75, 3.05) is 13.7 Å². The van der Waals surface area contributed by atoms with Crippen molar-refractivity contribution in [2.45, 2.75) is 80.0 Å². The zero-order chi connectivity index (χ0) is 22.2.